The molecule has 2 aromatic carbocycles. The van der Waals surface area contributed by atoms with E-state index in [0.29, 0.717) is 27.9 Å². The summed E-state index contributed by atoms with van der Waals surface area (Å²) in [6.07, 6.45) is 3.76. The quantitative estimate of drug-likeness (QED) is 0.522. The molecule has 166 valence electrons. The maximum atomic E-state index is 12.7. The van der Waals surface area contributed by atoms with Crippen molar-refractivity contribution in [1.82, 2.24) is 10.3 Å². The maximum Gasteiger partial charge on any atom is 0.287 e. The second kappa shape index (κ2) is 9.04. The van der Waals surface area contributed by atoms with Crippen molar-refractivity contribution >= 4 is 46.0 Å². The first kappa shape index (κ1) is 19.9. The first-order valence-electron chi connectivity index (χ1n) is 11.2. The summed E-state index contributed by atoms with van der Waals surface area (Å²) in [6.45, 7) is -0.842. The van der Waals surface area contributed by atoms with Crippen LogP contribution < -0.4 is 5.32 Å². The highest BCUT2D eigenvalue weighted by atomic mass is 35.5. The molecule has 0 bridgehead atoms. The van der Waals surface area contributed by atoms with Crippen molar-refractivity contribution in [2.75, 3.05) is 6.71 Å². The van der Waals surface area contributed by atoms with Gasteiger partial charge in [-0.15, -0.1) is 5.10 Å². The summed E-state index contributed by atoms with van der Waals surface area (Å²) in [5.74, 6) is 0.597. The lowest BCUT2D eigenvalue weighted by atomic mass is 9.91. The molecule has 1 aliphatic heterocycles. The molecule has 0 saturated heterocycles. The Labute approximate surface area is 197 Å². The molecule has 1 fully saturated rings. The zero-order chi connectivity index (χ0) is 22.9. The molecule has 2 aliphatic rings. The van der Waals surface area contributed by atoms with Gasteiger partial charge in [-0.25, -0.2) is 0 Å². The van der Waals surface area contributed by atoms with E-state index in [1.165, 1.54) is 0 Å². The Morgan fingerprint density at radius 1 is 1.09 bits per heavy atom. The van der Waals surface area contributed by atoms with Gasteiger partial charge in [-0.2, -0.15) is 0 Å². The van der Waals surface area contributed by atoms with E-state index < -0.39 is 6.71 Å². The smallest absolute Gasteiger partial charge is 0.287 e. The van der Waals surface area contributed by atoms with Gasteiger partial charge in [0.1, 0.15) is 5.58 Å². The van der Waals surface area contributed by atoms with E-state index >= 15 is 0 Å². The Morgan fingerprint density at radius 3 is 2.62 bits per heavy atom. The molecule has 1 unspecified atom stereocenters. The van der Waals surface area contributed by atoms with Crippen LogP contribution in [0.25, 0.3) is 11.0 Å². The fourth-order valence-electron chi connectivity index (χ4n) is 4.18. The standard InChI is InChI=1S/C24H23Cl2N3O3/c25-17-3-1-15(2-4-17)11-23-28-29(14-31-23)20-8-6-19(7-9-20)27-24(30)22-13-16-12-18(26)5-10-21(16)32-22/h1-5,10,12-13,19-20H,6-9,11,14H2,(H,27,30)/i14D. The molecular weight excluding hydrogens is 449 g/mol. The van der Waals surface area contributed by atoms with Crippen LogP contribution in [0.5, 0.6) is 0 Å². The molecule has 1 aromatic heterocycles. The zero-order valence-corrected chi connectivity index (χ0v) is 18.8. The minimum absolute atomic E-state index is 0.0516. The molecule has 0 spiro atoms. The van der Waals surface area contributed by atoms with Crippen molar-refractivity contribution in [3.63, 3.8) is 0 Å². The van der Waals surface area contributed by atoms with E-state index in [1.54, 1.807) is 29.3 Å². The fraction of sp³-hybridized carbons (Fsp3) is 0.333. The van der Waals surface area contributed by atoms with Gasteiger partial charge in [0, 0.05) is 21.5 Å². The van der Waals surface area contributed by atoms with Crippen LogP contribution in [0, 0.1) is 0 Å². The average Bonchev–Trinajstić information content (AvgIpc) is 3.39. The van der Waals surface area contributed by atoms with E-state index in [2.05, 4.69) is 10.4 Å². The van der Waals surface area contributed by atoms with Gasteiger partial charge in [0.15, 0.2) is 12.5 Å². The predicted octanol–water partition coefficient (Wildman–Crippen LogP) is 5.63. The van der Waals surface area contributed by atoms with Gasteiger partial charge in [0.2, 0.25) is 5.90 Å². The van der Waals surface area contributed by atoms with Crippen LogP contribution in [-0.4, -0.2) is 35.6 Å². The normalized spacial score (nSPS) is 23.6. The lowest BCUT2D eigenvalue weighted by Gasteiger charge is -2.32. The number of benzene rings is 2. The molecule has 1 saturated carbocycles. The highest BCUT2D eigenvalue weighted by Crippen LogP contribution is 2.27. The van der Waals surface area contributed by atoms with Gasteiger partial charge < -0.3 is 14.5 Å². The van der Waals surface area contributed by atoms with Gasteiger partial charge >= 0.3 is 0 Å². The number of hydrazone groups is 1. The molecule has 0 radical (unpaired) electrons. The van der Waals surface area contributed by atoms with Crippen LogP contribution in [-0.2, 0) is 11.2 Å². The highest BCUT2D eigenvalue weighted by Gasteiger charge is 2.30. The largest absolute Gasteiger partial charge is 0.457 e. The zero-order valence-electron chi connectivity index (χ0n) is 18.3. The van der Waals surface area contributed by atoms with Crippen molar-refractivity contribution in [3.05, 3.63) is 69.9 Å². The van der Waals surface area contributed by atoms with Crippen molar-refractivity contribution in [1.29, 1.82) is 0 Å². The van der Waals surface area contributed by atoms with Gasteiger partial charge in [0.05, 0.1) is 13.8 Å². The van der Waals surface area contributed by atoms with Crippen LogP contribution in [0.3, 0.4) is 0 Å². The molecule has 2 heterocycles. The van der Waals surface area contributed by atoms with Crippen LogP contribution in [0.15, 0.2) is 58.0 Å². The second-order valence-electron chi connectivity index (χ2n) is 8.17. The monoisotopic (exact) mass is 472 g/mol. The number of carbonyl (C=O) groups is 1. The Balaban J connectivity index is 1.16. The molecule has 1 atom stereocenters. The summed E-state index contributed by atoms with van der Waals surface area (Å²) in [5.41, 5.74) is 1.67. The van der Waals surface area contributed by atoms with E-state index in [1.807, 2.05) is 24.3 Å². The van der Waals surface area contributed by atoms with Gasteiger partial charge in [-0.1, -0.05) is 35.3 Å². The topological polar surface area (TPSA) is 67.1 Å². The van der Waals surface area contributed by atoms with Gasteiger partial charge in [0.25, 0.3) is 5.91 Å². The summed E-state index contributed by atoms with van der Waals surface area (Å²) in [6, 6.07) is 14.7. The first-order valence-corrected chi connectivity index (χ1v) is 11.4. The van der Waals surface area contributed by atoms with E-state index in [-0.39, 0.29) is 23.8 Å². The van der Waals surface area contributed by atoms with E-state index in [0.717, 1.165) is 36.6 Å². The molecule has 1 N–H and O–H groups in total. The molecule has 3 aromatic rings. The number of nitrogens with one attached hydrogen (secondary N) is 1. The maximum absolute atomic E-state index is 12.7. The summed E-state index contributed by atoms with van der Waals surface area (Å²) < 4.78 is 19.6. The number of rotatable bonds is 5. The van der Waals surface area contributed by atoms with Crippen molar-refractivity contribution < 1.29 is 15.3 Å². The van der Waals surface area contributed by atoms with Crippen LogP contribution in [0.1, 0.15) is 43.2 Å². The van der Waals surface area contributed by atoms with E-state index in [9.17, 15) is 4.79 Å². The molecule has 5 rings (SSSR count). The first-order chi connectivity index (χ1) is 15.9. The van der Waals surface area contributed by atoms with Crippen molar-refractivity contribution in [3.8, 4) is 0 Å². The Morgan fingerprint density at radius 2 is 1.84 bits per heavy atom. The number of hydrogen-bond acceptors (Lipinski definition) is 5. The third-order valence-electron chi connectivity index (χ3n) is 5.90. The van der Waals surface area contributed by atoms with Crippen molar-refractivity contribution in [2.45, 2.75) is 44.2 Å². The van der Waals surface area contributed by atoms with Crippen LogP contribution >= 0.6 is 23.2 Å². The number of ether oxygens (including phenoxy) is 1. The summed E-state index contributed by atoms with van der Waals surface area (Å²) >= 11 is 12.0. The van der Waals surface area contributed by atoms with Crippen LogP contribution in [0.4, 0.5) is 0 Å². The summed E-state index contributed by atoms with van der Waals surface area (Å²) in [5, 5.41) is 11.5. The Bertz CT molecular complexity index is 1190. The number of nitrogens with zero attached hydrogens (tertiary/aromatic N) is 2. The average molecular weight is 473 g/mol. The SMILES string of the molecule is [2H]C1OC(Cc2ccc(Cl)cc2)=NN1C1CCC(NC(=O)c2cc3cc(Cl)ccc3o2)CC1. The van der Waals surface area contributed by atoms with Crippen LogP contribution in [0.2, 0.25) is 10.0 Å². The molecule has 6 nitrogen and oxygen atoms in total. The number of fused-ring (bicyclic) bond motifs is 1. The summed E-state index contributed by atoms with van der Waals surface area (Å²) in [7, 11) is 0. The molecule has 32 heavy (non-hydrogen) atoms. The third kappa shape index (κ3) is 4.71. The molecule has 1 amide bonds. The minimum Gasteiger partial charge on any atom is -0.457 e. The van der Waals surface area contributed by atoms with Gasteiger partial charge in [-0.05, 0) is 67.6 Å². The summed E-state index contributed by atoms with van der Waals surface area (Å²) in [4.78, 5) is 12.7. The Hall–Kier alpha value is -2.70. The third-order valence-corrected chi connectivity index (χ3v) is 6.39. The Kier molecular flexibility index (Phi) is 5.64. The fourth-order valence-corrected chi connectivity index (χ4v) is 4.49. The minimum atomic E-state index is -0.842. The number of amides is 1. The lowest BCUT2D eigenvalue weighted by molar-refractivity contribution is 0.0808. The number of carbonyl (C=O) groups excluding carboxylic acids is 1. The number of halogens is 2. The van der Waals surface area contributed by atoms with Gasteiger partial charge in [-0.3, -0.25) is 9.80 Å². The number of hydrogen-bond donors (Lipinski definition) is 1. The van der Waals surface area contributed by atoms with E-state index in [4.69, 9.17) is 33.7 Å². The van der Waals surface area contributed by atoms with Crippen molar-refractivity contribution in [2.24, 2.45) is 5.10 Å². The predicted molar refractivity (Wildman–Crippen MR) is 125 cm³/mol. The highest BCUT2D eigenvalue weighted by molar-refractivity contribution is 6.31. The second-order valence-corrected chi connectivity index (χ2v) is 9.04. The molecule has 8 heteroatoms. The number of furan rings is 1. The molecular formula is C24H23Cl2N3O3. The molecule has 1 aliphatic carbocycles. The lowest BCUT2D eigenvalue weighted by Crippen LogP contribution is -2.42.